The summed E-state index contributed by atoms with van der Waals surface area (Å²) in [4.78, 5) is 13.5. The second kappa shape index (κ2) is 10.5. The first-order chi connectivity index (χ1) is 19.9. The van der Waals surface area contributed by atoms with Crippen molar-refractivity contribution in [3.8, 4) is 0 Å². The number of fused-ring (bicyclic) bond motifs is 7. The van der Waals surface area contributed by atoms with E-state index >= 15 is 0 Å². The molecule has 4 heteroatoms. The van der Waals surface area contributed by atoms with Crippen molar-refractivity contribution in [1.82, 2.24) is 5.32 Å². The van der Waals surface area contributed by atoms with Crippen molar-refractivity contribution in [2.75, 3.05) is 13.7 Å². The molecule has 1 aromatic carbocycles. The fourth-order valence-electron chi connectivity index (χ4n) is 12.8. The van der Waals surface area contributed by atoms with E-state index in [1.54, 1.807) is 7.11 Å². The van der Waals surface area contributed by atoms with Crippen LogP contribution in [0.15, 0.2) is 42.5 Å². The number of carbonyl (C=O) groups is 1. The Balaban J connectivity index is 1.30. The van der Waals surface area contributed by atoms with E-state index < -0.39 is 0 Å². The van der Waals surface area contributed by atoms with Gasteiger partial charge in [-0.05, 0) is 123 Å². The lowest BCUT2D eigenvalue weighted by Gasteiger charge is -2.73. The first-order valence-electron chi connectivity index (χ1n) is 17.0. The van der Waals surface area contributed by atoms with Crippen LogP contribution in [0.2, 0.25) is 0 Å². The zero-order chi connectivity index (χ0) is 30.1. The predicted octanol–water partition coefficient (Wildman–Crippen LogP) is 7.95. The predicted molar refractivity (Wildman–Crippen MR) is 169 cm³/mol. The number of hydrogen-bond acceptors (Lipinski definition) is 4. The summed E-state index contributed by atoms with van der Waals surface area (Å²) in [6, 6.07) is 10.7. The van der Waals surface area contributed by atoms with E-state index in [4.69, 9.17) is 4.74 Å². The van der Waals surface area contributed by atoms with Crippen LogP contribution in [0.1, 0.15) is 104 Å². The minimum absolute atomic E-state index is 0.0429. The molecule has 2 unspecified atom stereocenters. The summed E-state index contributed by atoms with van der Waals surface area (Å²) in [5, 5.41) is 15.3. The highest BCUT2D eigenvalue weighted by atomic mass is 16.5. The number of aliphatic hydroxyl groups excluding tert-OH is 1. The fourth-order valence-corrected chi connectivity index (χ4v) is 12.8. The number of rotatable bonds is 6. The summed E-state index contributed by atoms with van der Waals surface area (Å²) < 4.78 is 5.55. The molecule has 232 valence electrons. The Hall–Kier alpha value is -1.65. The van der Waals surface area contributed by atoms with Crippen molar-refractivity contribution < 1.29 is 14.6 Å². The van der Waals surface area contributed by atoms with Gasteiger partial charge in [0, 0.05) is 18.5 Å². The van der Waals surface area contributed by atoms with Crippen molar-refractivity contribution in [3.63, 3.8) is 0 Å². The maximum Gasteiger partial charge on any atom is 0.312 e. The van der Waals surface area contributed by atoms with Gasteiger partial charge in [-0.25, -0.2) is 0 Å². The fraction of sp³-hybridized carbons (Fsp3) is 0.763. The lowest BCUT2D eigenvalue weighted by Crippen LogP contribution is -2.68. The lowest BCUT2D eigenvalue weighted by atomic mass is 9.32. The molecule has 0 bridgehead atoms. The number of ether oxygens (including phenoxy) is 1. The number of benzene rings is 1. The highest BCUT2D eigenvalue weighted by Gasteiger charge is 2.72. The Morgan fingerprint density at radius 1 is 0.929 bits per heavy atom. The number of esters is 1. The number of carbonyl (C=O) groups excluding carboxylic acids is 1. The molecular formula is C38H57NO3. The van der Waals surface area contributed by atoms with Crippen LogP contribution in [0, 0.1) is 56.7 Å². The molecule has 5 saturated carbocycles. The number of aliphatic hydroxyl groups is 1. The third-order valence-corrected chi connectivity index (χ3v) is 15.1. The summed E-state index contributed by atoms with van der Waals surface area (Å²) in [6.07, 6.45) is 10.7. The van der Waals surface area contributed by atoms with Crippen LogP contribution >= 0.6 is 0 Å². The van der Waals surface area contributed by atoms with Gasteiger partial charge in [-0.15, -0.1) is 0 Å². The van der Waals surface area contributed by atoms with Gasteiger partial charge in [0.2, 0.25) is 0 Å². The number of hydrogen-bond donors (Lipinski definition) is 2. The quantitative estimate of drug-likeness (QED) is 0.267. The van der Waals surface area contributed by atoms with Crippen LogP contribution in [0.3, 0.4) is 0 Å². The Kier molecular flexibility index (Phi) is 7.57. The molecule has 0 amide bonds. The molecule has 11 atom stereocenters. The zero-order valence-corrected chi connectivity index (χ0v) is 27.3. The first-order valence-corrected chi connectivity index (χ1v) is 17.0. The molecule has 5 aliphatic carbocycles. The molecule has 0 radical (unpaired) electrons. The second-order valence-electron chi connectivity index (χ2n) is 16.5. The average Bonchev–Trinajstić information content (AvgIpc) is 3.37. The minimum atomic E-state index is -0.329. The summed E-state index contributed by atoms with van der Waals surface area (Å²) >= 11 is 0. The standard InChI is InChI=1S/C38H57NO3/c1-25(2)27-15-20-38(33(41)42-7)22-21-36(5)28(32(27)38)13-14-30-34(3)18-17-31(40)35(4,29(34)16-19-37(30,36)6)24-39-23-26-11-9-8-10-12-26/h8-12,27-32,39-40H,1,13-24H2,2-7H3/t27-,28+,29+,30+,31?,32+,34-,35?,36+,37+,38-/m0/s1. The molecule has 42 heavy (non-hydrogen) atoms. The van der Waals surface area contributed by atoms with E-state index in [-0.39, 0.29) is 39.1 Å². The third-order valence-electron chi connectivity index (χ3n) is 15.1. The molecule has 4 nitrogen and oxygen atoms in total. The third kappa shape index (κ3) is 4.09. The monoisotopic (exact) mass is 575 g/mol. The molecule has 0 heterocycles. The Morgan fingerprint density at radius 2 is 1.67 bits per heavy atom. The van der Waals surface area contributed by atoms with E-state index in [0.717, 1.165) is 51.6 Å². The molecular weight excluding hydrogens is 518 g/mol. The number of methoxy groups -OCH3 is 1. The Bertz CT molecular complexity index is 1200. The van der Waals surface area contributed by atoms with Gasteiger partial charge in [0.15, 0.2) is 0 Å². The zero-order valence-electron chi connectivity index (χ0n) is 27.3. The van der Waals surface area contributed by atoms with Gasteiger partial charge in [0.05, 0.1) is 18.6 Å². The highest BCUT2D eigenvalue weighted by Crippen LogP contribution is 2.77. The summed E-state index contributed by atoms with van der Waals surface area (Å²) in [6.45, 7) is 18.6. The number of nitrogens with one attached hydrogen (secondary N) is 1. The maximum absolute atomic E-state index is 13.5. The first kappa shape index (κ1) is 30.4. The van der Waals surface area contributed by atoms with Crippen molar-refractivity contribution in [2.45, 2.75) is 111 Å². The van der Waals surface area contributed by atoms with Crippen molar-refractivity contribution in [1.29, 1.82) is 0 Å². The second-order valence-corrected chi connectivity index (χ2v) is 16.5. The molecule has 1 aromatic rings. The van der Waals surface area contributed by atoms with Crippen LogP contribution in [0.4, 0.5) is 0 Å². The van der Waals surface area contributed by atoms with Gasteiger partial charge in [-0.3, -0.25) is 4.79 Å². The lowest BCUT2D eigenvalue weighted by molar-refractivity contribution is -0.250. The van der Waals surface area contributed by atoms with Gasteiger partial charge in [0.25, 0.3) is 0 Å². The van der Waals surface area contributed by atoms with Gasteiger partial charge >= 0.3 is 5.97 Å². The molecule has 2 N–H and O–H groups in total. The van der Waals surface area contributed by atoms with Crippen LogP contribution in [0.25, 0.3) is 0 Å². The average molecular weight is 576 g/mol. The van der Waals surface area contributed by atoms with Crippen molar-refractivity contribution in [3.05, 3.63) is 48.0 Å². The van der Waals surface area contributed by atoms with Gasteiger partial charge in [-0.2, -0.15) is 0 Å². The van der Waals surface area contributed by atoms with E-state index in [1.165, 1.54) is 36.8 Å². The Morgan fingerprint density at radius 3 is 2.36 bits per heavy atom. The summed E-state index contributed by atoms with van der Waals surface area (Å²) in [7, 11) is 1.60. The molecule has 0 saturated heterocycles. The molecule has 0 spiro atoms. The van der Waals surface area contributed by atoms with Gasteiger partial charge < -0.3 is 15.2 Å². The molecule has 5 aliphatic rings. The SMILES string of the molecule is C=C(C)[C@@H]1CC[C@]2(C(=O)OC)CC[C@]3(C)[C@H](CC[C@@H]4[C@@]5(C)CCC(O)C(C)(CNCc6ccccc6)[C@@H]5CC[C@]43C)[C@@H]12. The van der Waals surface area contributed by atoms with Crippen LogP contribution < -0.4 is 5.32 Å². The molecule has 0 aliphatic heterocycles. The smallest absolute Gasteiger partial charge is 0.312 e. The highest BCUT2D eigenvalue weighted by molar-refractivity contribution is 5.78. The van der Waals surface area contributed by atoms with E-state index in [9.17, 15) is 9.90 Å². The largest absolute Gasteiger partial charge is 0.469 e. The van der Waals surface area contributed by atoms with Gasteiger partial charge in [-0.1, -0.05) is 70.2 Å². The van der Waals surface area contributed by atoms with E-state index in [0.29, 0.717) is 29.6 Å². The normalized spacial score (nSPS) is 47.9. The van der Waals surface area contributed by atoms with E-state index in [1.807, 2.05) is 0 Å². The maximum atomic E-state index is 13.5. The summed E-state index contributed by atoms with van der Waals surface area (Å²) in [5.41, 5.74) is 2.74. The minimum Gasteiger partial charge on any atom is -0.469 e. The topological polar surface area (TPSA) is 58.6 Å². The van der Waals surface area contributed by atoms with Crippen LogP contribution in [0.5, 0.6) is 0 Å². The van der Waals surface area contributed by atoms with Crippen molar-refractivity contribution in [2.24, 2.45) is 56.7 Å². The summed E-state index contributed by atoms with van der Waals surface area (Å²) in [5.74, 6) is 2.49. The molecule has 6 rings (SSSR count). The number of allylic oxidation sites excluding steroid dienone is 1. The van der Waals surface area contributed by atoms with Gasteiger partial charge in [0.1, 0.15) is 0 Å². The molecule has 5 fully saturated rings. The van der Waals surface area contributed by atoms with Crippen molar-refractivity contribution >= 4 is 5.97 Å². The van der Waals surface area contributed by atoms with Crippen LogP contribution in [-0.2, 0) is 16.1 Å². The van der Waals surface area contributed by atoms with Crippen LogP contribution in [-0.4, -0.2) is 30.8 Å². The van der Waals surface area contributed by atoms with E-state index in [2.05, 4.69) is 76.8 Å². The Labute approximate surface area is 255 Å². The molecule has 0 aromatic heterocycles.